The Kier molecular flexibility index (Phi) is 2.66. The molecule has 0 bridgehead atoms. The molecule has 2 rings (SSSR count). The van der Waals surface area contributed by atoms with Crippen LogP contribution in [0.15, 0.2) is 12.5 Å². The average molecular weight is 179 g/mol. The molecule has 1 aromatic rings. The van der Waals surface area contributed by atoms with Crippen molar-refractivity contribution in [3.8, 4) is 0 Å². The number of hydrogen-bond donors (Lipinski definition) is 2. The van der Waals surface area contributed by atoms with E-state index in [0.29, 0.717) is 6.04 Å². The van der Waals surface area contributed by atoms with Crippen LogP contribution in [0, 0.1) is 0 Å². The molecule has 1 fully saturated rings. The summed E-state index contributed by atoms with van der Waals surface area (Å²) in [6.07, 6.45) is 5.41. The van der Waals surface area contributed by atoms with Crippen molar-refractivity contribution in [3.63, 3.8) is 0 Å². The van der Waals surface area contributed by atoms with Gasteiger partial charge in [0.2, 0.25) is 0 Å². The summed E-state index contributed by atoms with van der Waals surface area (Å²) in [4.78, 5) is 3.90. The molecule has 0 amide bonds. The van der Waals surface area contributed by atoms with E-state index in [1.165, 1.54) is 6.33 Å². The lowest BCUT2D eigenvalue weighted by Crippen LogP contribution is -2.35. The summed E-state index contributed by atoms with van der Waals surface area (Å²) in [5.41, 5.74) is 0. The van der Waals surface area contributed by atoms with E-state index in [4.69, 9.17) is 0 Å². The van der Waals surface area contributed by atoms with Gasteiger partial charge in [-0.05, 0) is 25.9 Å². The summed E-state index contributed by atoms with van der Waals surface area (Å²) in [5, 5.41) is 14.3. The lowest BCUT2D eigenvalue weighted by molar-refractivity contribution is 0.477. The van der Waals surface area contributed by atoms with Gasteiger partial charge in [0.05, 0.1) is 6.20 Å². The Bertz CT molecular complexity index is 244. The van der Waals surface area contributed by atoms with Gasteiger partial charge in [0, 0.05) is 6.04 Å². The normalized spacial score (nSPS) is 18.5. The van der Waals surface area contributed by atoms with Crippen LogP contribution in [-0.2, 0) is 0 Å². The van der Waals surface area contributed by atoms with Crippen molar-refractivity contribution in [2.45, 2.75) is 18.9 Å². The number of anilines is 1. The van der Waals surface area contributed by atoms with E-state index < -0.39 is 0 Å². The van der Waals surface area contributed by atoms with Crippen molar-refractivity contribution in [3.05, 3.63) is 12.5 Å². The van der Waals surface area contributed by atoms with Crippen LogP contribution in [0.4, 0.5) is 5.82 Å². The van der Waals surface area contributed by atoms with Crippen LogP contribution in [0.25, 0.3) is 0 Å². The maximum absolute atomic E-state index is 3.93. The van der Waals surface area contributed by atoms with Gasteiger partial charge in [-0.2, -0.15) is 0 Å². The molecule has 2 N–H and O–H groups in total. The van der Waals surface area contributed by atoms with Crippen LogP contribution in [0.2, 0.25) is 0 Å². The van der Waals surface area contributed by atoms with Gasteiger partial charge < -0.3 is 10.6 Å². The first-order chi connectivity index (χ1) is 6.45. The second kappa shape index (κ2) is 4.13. The monoisotopic (exact) mass is 179 g/mol. The molecule has 2 heterocycles. The fourth-order valence-corrected chi connectivity index (χ4v) is 1.49. The first kappa shape index (κ1) is 8.37. The molecule has 13 heavy (non-hydrogen) atoms. The van der Waals surface area contributed by atoms with Gasteiger partial charge in [-0.25, -0.2) is 4.98 Å². The first-order valence-electron chi connectivity index (χ1n) is 4.55. The minimum atomic E-state index is 0.514. The molecule has 5 nitrogen and oxygen atoms in total. The number of rotatable bonds is 2. The molecule has 0 aliphatic carbocycles. The Hall–Kier alpha value is -1.23. The molecule has 1 aliphatic heterocycles. The second-order valence-corrected chi connectivity index (χ2v) is 3.16. The topological polar surface area (TPSA) is 62.7 Å². The quantitative estimate of drug-likeness (QED) is 0.671. The molecule has 1 aromatic heterocycles. The van der Waals surface area contributed by atoms with E-state index in [9.17, 15) is 0 Å². The predicted octanol–water partition coefficient (Wildman–Crippen LogP) is 0.0355. The van der Waals surface area contributed by atoms with Crippen LogP contribution in [0.5, 0.6) is 0 Å². The molecule has 0 aromatic carbocycles. The summed E-state index contributed by atoms with van der Waals surface area (Å²) < 4.78 is 0. The third-order valence-corrected chi connectivity index (χ3v) is 2.17. The van der Waals surface area contributed by atoms with Gasteiger partial charge in [-0.3, -0.25) is 0 Å². The zero-order chi connectivity index (χ0) is 8.93. The number of aromatic nitrogens is 3. The van der Waals surface area contributed by atoms with Gasteiger partial charge in [0.25, 0.3) is 0 Å². The molecule has 1 saturated heterocycles. The van der Waals surface area contributed by atoms with E-state index in [-0.39, 0.29) is 0 Å². The highest BCUT2D eigenvalue weighted by Crippen LogP contribution is 2.08. The largest absolute Gasteiger partial charge is 0.364 e. The Labute approximate surface area is 77.0 Å². The minimum Gasteiger partial charge on any atom is -0.364 e. The number of nitrogens with one attached hydrogen (secondary N) is 2. The SMILES string of the molecule is c1ncc(NC2CCNCC2)nn1. The highest BCUT2D eigenvalue weighted by molar-refractivity contribution is 5.30. The Morgan fingerprint density at radius 3 is 2.92 bits per heavy atom. The molecular formula is C8H13N5. The zero-order valence-electron chi connectivity index (χ0n) is 7.40. The fourth-order valence-electron chi connectivity index (χ4n) is 1.49. The molecule has 0 unspecified atom stereocenters. The summed E-state index contributed by atoms with van der Waals surface area (Å²) in [5.74, 6) is 0.773. The van der Waals surface area contributed by atoms with Crippen molar-refractivity contribution in [1.29, 1.82) is 0 Å². The van der Waals surface area contributed by atoms with E-state index >= 15 is 0 Å². The third kappa shape index (κ3) is 2.35. The van der Waals surface area contributed by atoms with Crippen LogP contribution in [-0.4, -0.2) is 34.3 Å². The number of piperidine rings is 1. The predicted molar refractivity (Wildman–Crippen MR) is 49.3 cm³/mol. The van der Waals surface area contributed by atoms with Gasteiger partial charge in [0.1, 0.15) is 6.33 Å². The van der Waals surface area contributed by atoms with Crippen molar-refractivity contribution < 1.29 is 0 Å². The Balaban J connectivity index is 1.90. The summed E-state index contributed by atoms with van der Waals surface area (Å²) in [6, 6.07) is 0.514. The fraction of sp³-hybridized carbons (Fsp3) is 0.625. The standard InChI is InChI=1S/C8H13N5/c1-3-9-4-2-7(1)12-8-5-10-6-11-13-8/h5-7,9H,1-4H2,(H,12,13). The highest BCUT2D eigenvalue weighted by Gasteiger charge is 2.12. The molecule has 0 radical (unpaired) electrons. The van der Waals surface area contributed by atoms with Gasteiger partial charge >= 0.3 is 0 Å². The molecule has 5 heteroatoms. The van der Waals surface area contributed by atoms with Crippen molar-refractivity contribution in [1.82, 2.24) is 20.5 Å². The number of hydrogen-bond acceptors (Lipinski definition) is 5. The van der Waals surface area contributed by atoms with Gasteiger partial charge in [0.15, 0.2) is 5.82 Å². The smallest absolute Gasteiger partial charge is 0.167 e. The summed E-state index contributed by atoms with van der Waals surface area (Å²) in [7, 11) is 0. The molecule has 0 saturated carbocycles. The van der Waals surface area contributed by atoms with Gasteiger partial charge in [-0.1, -0.05) is 0 Å². The molecule has 0 atom stereocenters. The lowest BCUT2D eigenvalue weighted by atomic mass is 10.1. The van der Waals surface area contributed by atoms with Crippen molar-refractivity contribution in [2.75, 3.05) is 18.4 Å². The number of nitrogens with zero attached hydrogens (tertiary/aromatic N) is 3. The van der Waals surface area contributed by atoms with Crippen LogP contribution >= 0.6 is 0 Å². The average Bonchev–Trinajstić information content (AvgIpc) is 2.21. The molecular weight excluding hydrogens is 166 g/mol. The van der Waals surface area contributed by atoms with E-state index in [1.807, 2.05) is 0 Å². The molecule has 1 aliphatic rings. The maximum Gasteiger partial charge on any atom is 0.167 e. The second-order valence-electron chi connectivity index (χ2n) is 3.16. The minimum absolute atomic E-state index is 0.514. The van der Waals surface area contributed by atoms with Crippen molar-refractivity contribution in [2.24, 2.45) is 0 Å². The Morgan fingerprint density at radius 2 is 2.23 bits per heavy atom. The molecule has 70 valence electrons. The van der Waals surface area contributed by atoms with E-state index in [1.54, 1.807) is 6.20 Å². The van der Waals surface area contributed by atoms with Crippen LogP contribution in [0.1, 0.15) is 12.8 Å². The van der Waals surface area contributed by atoms with Gasteiger partial charge in [-0.15, -0.1) is 10.2 Å². The van der Waals surface area contributed by atoms with Crippen molar-refractivity contribution >= 4 is 5.82 Å². The summed E-state index contributed by atoms with van der Waals surface area (Å²) >= 11 is 0. The first-order valence-corrected chi connectivity index (χ1v) is 4.55. The third-order valence-electron chi connectivity index (χ3n) is 2.17. The molecule has 0 spiro atoms. The summed E-state index contributed by atoms with van der Waals surface area (Å²) in [6.45, 7) is 2.15. The highest BCUT2D eigenvalue weighted by atomic mass is 15.2. The zero-order valence-corrected chi connectivity index (χ0v) is 7.40. The lowest BCUT2D eigenvalue weighted by Gasteiger charge is -2.23. The van der Waals surface area contributed by atoms with Crippen LogP contribution in [0.3, 0.4) is 0 Å². The van der Waals surface area contributed by atoms with Crippen LogP contribution < -0.4 is 10.6 Å². The Morgan fingerprint density at radius 1 is 1.38 bits per heavy atom. The maximum atomic E-state index is 3.93. The van der Waals surface area contributed by atoms with E-state index in [0.717, 1.165) is 31.7 Å². The van der Waals surface area contributed by atoms with E-state index in [2.05, 4.69) is 25.8 Å².